The van der Waals surface area contributed by atoms with Crippen molar-refractivity contribution in [3.63, 3.8) is 0 Å². The molecule has 0 fully saturated rings. The molecule has 1 aliphatic heterocycles. The Bertz CT molecular complexity index is 1370. The van der Waals surface area contributed by atoms with Crippen LogP contribution >= 0.6 is 0 Å². The van der Waals surface area contributed by atoms with Gasteiger partial charge in [-0.05, 0) is 41.0 Å². The van der Waals surface area contributed by atoms with E-state index in [2.05, 4.69) is 4.98 Å². The average Bonchev–Trinajstić information content (AvgIpc) is 3.41. The number of rotatable bonds is 8. The summed E-state index contributed by atoms with van der Waals surface area (Å²) in [5.41, 5.74) is 4.23. The first-order chi connectivity index (χ1) is 18.1. The number of oxazole rings is 1. The van der Waals surface area contributed by atoms with Gasteiger partial charge in [0.1, 0.15) is 24.7 Å². The van der Waals surface area contributed by atoms with Crippen molar-refractivity contribution in [2.75, 3.05) is 6.61 Å². The summed E-state index contributed by atoms with van der Waals surface area (Å²) in [5, 5.41) is 9.73. The highest BCUT2D eigenvalue weighted by atomic mass is 16.6. The Labute approximate surface area is 214 Å². The lowest BCUT2D eigenvalue weighted by molar-refractivity contribution is -0.143. The number of carboxylic acid groups (broad SMARTS) is 1. The normalized spacial score (nSPS) is 14.6. The fourth-order valence-electron chi connectivity index (χ4n) is 4.27. The number of aliphatic carboxylic acids is 1. The molecule has 4 aromatic rings. The lowest BCUT2D eigenvalue weighted by Crippen LogP contribution is -2.48. The molecular formula is C29H26N2O6. The van der Waals surface area contributed by atoms with Crippen molar-refractivity contribution >= 4 is 12.1 Å². The second-order valence-corrected chi connectivity index (χ2v) is 8.77. The van der Waals surface area contributed by atoms with E-state index in [9.17, 15) is 14.7 Å². The predicted molar refractivity (Wildman–Crippen MR) is 135 cm³/mol. The molecule has 0 saturated heterocycles. The molecule has 1 N–H and O–H groups in total. The second-order valence-electron chi connectivity index (χ2n) is 8.77. The molecule has 37 heavy (non-hydrogen) atoms. The molecule has 0 spiro atoms. The van der Waals surface area contributed by atoms with Gasteiger partial charge in [-0.25, -0.2) is 14.6 Å². The molecule has 1 atom stereocenters. The third-order valence-corrected chi connectivity index (χ3v) is 6.23. The smallest absolute Gasteiger partial charge is 0.411 e. The third kappa shape index (κ3) is 5.81. The van der Waals surface area contributed by atoms with E-state index >= 15 is 0 Å². The number of amides is 1. The van der Waals surface area contributed by atoms with Crippen LogP contribution in [0.15, 0.2) is 89.5 Å². The highest BCUT2D eigenvalue weighted by Crippen LogP contribution is 2.28. The van der Waals surface area contributed by atoms with Gasteiger partial charge in [-0.1, -0.05) is 54.6 Å². The second kappa shape index (κ2) is 11.0. The van der Waals surface area contributed by atoms with Gasteiger partial charge in [-0.2, -0.15) is 0 Å². The van der Waals surface area contributed by atoms with E-state index in [0.717, 1.165) is 27.9 Å². The van der Waals surface area contributed by atoms with Gasteiger partial charge in [-0.3, -0.25) is 4.90 Å². The molecule has 0 radical (unpaired) electrons. The maximum absolute atomic E-state index is 12.8. The number of carbonyl (C=O) groups excluding carboxylic acids is 1. The predicted octanol–water partition coefficient (Wildman–Crippen LogP) is 5.11. The topological polar surface area (TPSA) is 102 Å². The van der Waals surface area contributed by atoms with Crippen molar-refractivity contribution in [1.82, 2.24) is 9.88 Å². The van der Waals surface area contributed by atoms with Crippen LogP contribution in [0.5, 0.6) is 5.75 Å². The number of hydrogen-bond acceptors (Lipinski definition) is 6. The van der Waals surface area contributed by atoms with E-state index in [-0.39, 0.29) is 19.6 Å². The van der Waals surface area contributed by atoms with E-state index in [0.29, 0.717) is 24.7 Å². The van der Waals surface area contributed by atoms with Gasteiger partial charge in [0.2, 0.25) is 5.89 Å². The molecule has 2 heterocycles. The quantitative estimate of drug-likeness (QED) is 0.360. The summed E-state index contributed by atoms with van der Waals surface area (Å²) < 4.78 is 16.9. The summed E-state index contributed by atoms with van der Waals surface area (Å²) >= 11 is 0. The van der Waals surface area contributed by atoms with Crippen LogP contribution in [0.4, 0.5) is 4.79 Å². The molecule has 5 rings (SSSR count). The van der Waals surface area contributed by atoms with E-state index in [4.69, 9.17) is 13.9 Å². The number of benzene rings is 3. The zero-order valence-corrected chi connectivity index (χ0v) is 20.1. The monoisotopic (exact) mass is 498 g/mol. The fraction of sp³-hybridized carbons (Fsp3) is 0.207. The average molecular weight is 499 g/mol. The molecule has 1 aromatic heterocycles. The largest absolute Gasteiger partial charge is 0.493 e. The Morgan fingerprint density at radius 3 is 2.51 bits per heavy atom. The molecule has 3 aromatic carbocycles. The molecule has 1 amide bonds. The maximum atomic E-state index is 12.8. The van der Waals surface area contributed by atoms with Gasteiger partial charge in [0.25, 0.3) is 0 Å². The first-order valence-electron chi connectivity index (χ1n) is 12.0. The van der Waals surface area contributed by atoms with Gasteiger partial charge < -0.3 is 19.0 Å². The van der Waals surface area contributed by atoms with Crippen molar-refractivity contribution in [3.05, 3.63) is 108 Å². The number of ether oxygens (including phenoxy) is 2. The Balaban J connectivity index is 1.21. The highest BCUT2D eigenvalue weighted by Gasteiger charge is 2.35. The van der Waals surface area contributed by atoms with Gasteiger partial charge in [0.15, 0.2) is 0 Å². The van der Waals surface area contributed by atoms with Crippen LogP contribution in [0.3, 0.4) is 0 Å². The molecule has 0 bridgehead atoms. The highest BCUT2D eigenvalue weighted by molar-refractivity contribution is 5.81. The van der Waals surface area contributed by atoms with Crippen LogP contribution in [0.2, 0.25) is 0 Å². The molecule has 1 aliphatic rings. The number of nitrogens with zero attached hydrogens (tertiary/aromatic N) is 2. The third-order valence-electron chi connectivity index (χ3n) is 6.23. The Hall–Kier alpha value is -4.59. The van der Waals surface area contributed by atoms with Crippen molar-refractivity contribution in [2.24, 2.45) is 0 Å². The number of fused-ring (bicyclic) bond motifs is 1. The van der Waals surface area contributed by atoms with Crippen molar-refractivity contribution in [3.8, 4) is 17.2 Å². The molecule has 0 aliphatic carbocycles. The van der Waals surface area contributed by atoms with E-state index in [1.165, 1.54) is 4.90 Å². The fourth-order valence-corrected chi connectivity index (χ4v) is 4.27. The van der Waals surface area contributed by atoms with Gasteiger partial charge in [-0.15, -0.1) is 0 Å². The van der Waals surface area contributed by atoms with Gasteiger partial charge >= 0.3 is 12.1 Å². The van der Waals surface area contributed by atoms with Crippen LogP contribution < -0.4 is 4.74 Å². The van der Waals surface area contributed by atoms with E-state index in [1.807, 2.05) is 78.9 Å². The number of hydrogen-bond donors (Lipinski definition) is 1. The van der Waals surface area contributed by atoms with Gasteiger partial charge in [0, 0.05) is 18.4 Å². The van der Waals surface area contributed by atoms with Crippen LogP contribution in [-0.2, 0) is 35.5 Å². The Morgan fingerprint density at radius 2 is 1.76 bits per heavy atom. The lowest BCUT2D eigenvalue weighted by Gasteiger charge is -2.33. The summed E-state index contributed by atoms with van der Waals surface area (Å²) in [6, 6.07) is 23.5. The number of carbonyl (C=O) groups is 2. The molecule has 8 heteroatoms. The summed E-state index contributed by atoms with van der Waals surface area (Å²) in [6.07, 6.45) is 1.73. The lowest BCUT2D eigenvalue weighted by atomic mass is 9.94. The molecule has 8 nitrogen and oxygen atoms in total. The zero-order valence-electron chi connectivity index (χ0n) is 20.1. The van der Waals surface area contributed by atoms with Crippen molar-refractivity contribution in [1.29, 1.82) is 0 Å². The molecule has 0 saturated carbocycles. The van der Waals surface area contributed by atoms with E-state index in [1.54, 1.807) is 6.26 Å². The Morgan fingerprint density at radius 1 is 1.00 bits per heavy atom. The SMILES string of the molecule is O=C(O)[C@@H]1Cc2ccc(OCCc3coc(-c4ccccc4)n3)cc2CN1C(=O)OCc1ccccc1. The van der Waals surface area contributed by atoms with Crippen molar-refractivity contribution < 1.29 is 28.6 Å². The first kappa shape index (κ1) is 24.1. The summed E-state index contributed by atoms with van der Waals surface area (Å²) in [5.74, 6) is 0.138. The van der Waals surface area contributed by atoms with Crippen LogP contribution in [-0.4, -0.2) is 39.7 Å². The summed E-state index contributed by atoms with van der Waals surface area (Å²) in [6.45, 7) is 0.591. The first-order valence-corrected chi connectivity index (χ1v) is 12.0. The van der Waals surface area contributed by atoms with Gasteiger partial charge in [0.05, 0.1) is 18.8 Å². The van der Waals surface area contributed by atoms with E-state index < -0.39 is 18.1 Å². The molecule has 188 valence electrons. The van der Waals surface area contributed by atoms with Crippen LogP contribution in [0.25, 0.3) is 11.5 Å². The standard InChI is InChI=1S/C29H26N2O6/c32-28(33)26-16-22-11-12-25(35-14-13-24-19-36-27(30-24)21-9-5-2-6-10-21)15-23(22)17-31(26)29(34)37-18-20-7-3-1-4-8-20/h1-12,15,19,26H,13-14,16-18H2,(H,32,33)/t26-/m0/s1. The maximum Gasteiger partial charge on any atom is 0.411 e. The minimum atomic E-state index is -1.06. The Kier molecular flexibility index (Phi) is 7.16. The van der Waals surface area contributed by atoms with Crippen LogP contribution in [0, 0.1) is 0 Å². The molecule has 0 unspecified atom stereocenters. The van der Waals surface area contributed by atoms with Crippen molar-refractivity contribution in [2.45, 2.75) is 32.0 Å². The number of aromatic nitrogens is 1. The summed E-state index contributed by atoms with van der Waals surface area (Å²) in [4.78, 5) is 30.5. The minimum absolute atomic E-state index is 0.0759. The summed E-state index contributed by atoms with van der Waals surface area (Å²) in [7, 11) is 0. The zero-order chi connectivity index (χ0) is 25.6. The molecular weight excluding hydrogens is 472 g/mol. The van der Waals surface area contributed by atoms with Crippen LogP contribution in [0.1, 0.15) is 22.4 Å². The minimum Gasteiger partial charge on any atom is -0.493 e. The number of carboxylic acids is 1.